The summed E-state index contributed by atoms with van der Waals surface area (Å²) in [7, 11) is 1.91. The molecule has 128 valence electrons. The third-order valence-corrected chi connectivity index (χ3v) is 4.90. The molecule has 0 bridgehead atoms. The lowest BCUT2D eigenvalue weighted by Crippen LogP contribution is -2.40. The fourth-order valence-corrected chi connectivity index (χ4v) is 3.53. The number of carbonyl (C=O) groups excluding carboxylic acids is 1. The molecule has 4 nitrogen and oxygen atoms in total. The van der Waals surface area contributed by atoms with Gasteiger partial charge in [-0.3, -0.25) is 9.48 Å². The summed E-state index contributed by atoms with van der Waals surface area (Å²) < 4.78 is 1.79. The van der Waals surface area contributed by atoms with Crippen LogP contribution in [0.2, 0.25) is 0 Å². The average Bonchev–Trinajstić information content (AvgIpc) is 3.00. The number of hydrogen-bond acceptors (Lipinski definition) is 2. The van der Waals surface area contributed by atoms with Crippen molar-refractivity contribution in [1.82, 2.24) is 14.7 Å². The molecule has 1 aliphatic heterocycles. The van der Waals surface area contributed by atoms with E-state index in [9.17, 15) is 4.79 Å². The van der Waals surface area contributed by atoms with Gasteiger partial charge in [0.2, 0.25) is 5.91 Å². The molecule has 1 fully saturated rings. The van der Waals surface area contributed by atoms with E-state index in [1.54, 1.807) is 4.68 Å². The maximum absolute atomic E-state index is 12.5. The van der Waals surface area contributed by atoms with E-state index in [4.69, 9.17) is 0 Å². The van der Waals surface area contributed by atoms with Gasteiger partial charge in [0.15, 0.2) is 0 Å². The molecule has 3 rings (SSSR count). The van der Waals surface area contributed by atoms with Crippen LogP contribution in [0, 0.1) is 12.8 Å². The van der Waals surface area contributed by atoms with Crippen LogP contribution in [0.3, 0.4) is 0 Å². The molecular weight excluding hydrogens is 298 g/mol. The number of piperidine rings is 1. The van der Waals surface area contributed by atoms with Crippen LogP contribution in [0.4, 0.5) is 0 Å². The van der Waals surface area contributed by atoms with E-state index in [0.717, 1.165) is 37.9 Å². The Morgan fingerprint density at radius 3 is 2.75 bits per heavy atom. The third-order valence-electron chi connectivity index (χ3n) is 4.90. The summed E-state index contributed by atoms with van der Waals surface area (Å²) in [6.45, 7) is 3.93. The Balaban J connectivity index is 1.50. The minimum atomic E-state index is 0.285. The highest BCUT2D eigenvalue weighted by Gasteiger charge is 2.23. The van der Waals surface area contributed by atoms with Crippen molar-refractivity contribution < 1.29 is 4.79 Å². The first-order valence-electron chi connectivity index (χ1n) is 8.91. The normalized spacial score (nSPS) is 17.9. The van der Waals surface area contributed by atoms with Crippen molar-refractivity contribution in [3.63, 3.8) is 0 Å². The van der Waals surface area contributed by atoms with Gasteiger partial charge in [0.1, 0.15) is 0 Å². The molecule has 4 heteroatoms. The average molecular weight is 325 g/mol. The highest BCUT2D eigenvalue weighted by atomic mass is 16.2. The second-order valence-corrected chi connectivity index (χ2v) is 7.06. The van der Waals surface area contributed by atoms with Crippen molar-refractivity contribution in [3.05, 3.63) is 53.3 Å². The van der Waals surface area contributed by atoms with Crippen LogP contribution < -0.4 is 0 Å². The number of carbonyl (C=O) groups is 1. The molecule has 0 unspecified atom stereocenters. The molecule has 1 aliphatic rings. The molecule has 0 aliphatic carbocycles. The zero-order valence-corrected chi connectivity index (χ0v) is 14.7. The predicted octanol–water partition coefficient (Wildman–Crippen LogP) is 3.14. The minimum Gasteiger partial charge on any atom is -0.342 e. The molecule has 0 N–H and O–H groups in total. The summed E-state index contributed by atoms with van der Waals surface area (Å²) in [5, 5.41) is 4.16. The van der Waals surface area contributed by atoms with E-state index in [2.05, 4.69) is 41.2 Å². The Morgan fingerprint density at radius 1 is 1.25 bits per heavy atom. The molecule has 1 amide bonds. The third kappa shape index (κ3) is 4.47. The summed E-state index contributed by atoms with van der Waals surface area (Å²) in [6.07, 6.45) is 8.63. The van der Waals surface area contributed by atoms with Gasteiger partial charge in [0, 0.05) is 32.8 Å². The van der Waals surface area contributed by atoms with Gasteiger partial charge in [0.25, 0.3) is 0 Å². The first-order valence-corrected chi connectivity index (χ1v) is 8.91. The van der Waals surface area contributed by atoms with Gasteiger partial charge >= 0.3 is 0 Å². The highest BCUT2D eigenvalue weighted by Crippen LogP contribution is 2.22. The lowest BCUT2D eigenvalue weighted by Gasteiger charge is -2.33. The van der Waals surface area contributed by atoms with Crippen molar-refractivity contribution in [1.29, 1.82) is 0 Å². The number of nitrogens with zero attached hydrogens (tertiary/aromatic N) is 3. The number of rotatable bonds is 5. The number of likely N-dealkylation sites (tertiary alicyclic amines) is 1. The van der Waals surface area contributed by atoms with Gasteiger partial charge in [-0.2, -0.15) is 5.10 Å². The molecule has 24 heavy (non-hydrogen) atoms. The van der Waals surface area contributed by atoms with Gasteiger partial charge in [-0.15, -0.1) is 0 Å². The van der Waals surface area contributed by atoms with E-state index in [0.29, 0.717) is 12.3 Å². The first-order chi connectivity index (χ1) is 11.6. The summed E-state index contributed by atoms with van der Waals surface area (Å²) in [5.41, 5.74) is 3.82. The molecule has 1 atom stereocenters. The maximum Gasteiger partial charge on any atom is 0.222 e. The number of hydrogen-bond donors (Lipinski definition) is 0. The lowest BCUT2D eigenvalue weighted by molar-refractivity contribution is -0.132. The van der Waals surface area contributed by atoms with Crippen molar-refractivity contribution in [2.45, 2.75) is 39.0 Å². The van der Waals surface area contributed by atoms with E-state index < -0.39 is 0 Å². The summed E-state index contributed by atoms with van der Waals surface area (Å²) in [4.78, 5) is 14.6. The van der Waals surface area contributed by atoms with E-state index >= 15 is 0 Å². The van der Waals surface area contributed by atoms with Crippen molar-refractivity contribution in [2.75, 3.05) is 13.1 Å². The molecule has 2 heterocycles. The van der Waals surface area contributed by atoms with Crippen LogP contribution in [0.5, 0.6) is 0 Å². The summed E-state index contributed by atoms with van der Waals surface area (Å²) in [6, 6.07) is 8.79. The predicted molar refractivity (Wildman–Crippen MR) is 95.7 cm³/mol. The van der Waals surface area contributed by atoms with Gasteiger partial charge in [0.05, 0.1) is 6.20 Å². The SMILES string of the molecule is Cc1ccc(C[C@H]2CCCN(C(=O)CCc3cnn(C)c3)C2)cc1. The molecule has 2 aromatic rings. The second-order valence-electron chi connectivity index (χ2n) is 7.06. The topological polar surface area (TPSA) is 38.1 Å². The van der Waals surface area contributed by atoms with Crippen molar-refractivity contribution in [2.24, 2.45) is 13.0 Å². The van der Waals surface area contributed by atoms with Crippen LogP contribution >= 0.6 is 0 Å². The fraction of sp³-hybridized carbons (Fsp3) is 0.500. The standard InChI is InChI=1S/C20H27N3O/c1-16-5-7-17(8-6-16)12-18-4-3-11-23(15-18)20(24)10-9-19-13-21-22(2)14-19/h5-8,13-14,18H,3-4,9-12,15H2,1-2H3/t18-/m1/s1. The first kappa shape index (κ1) is 16.7. The molecule has 1 aromatic carbocycles. The van der Waals surface area contributed by atoms with E-state index in [1.807, 2.05) is 19.4 Å². The fourth-order valence-electron chi connectivity index (χ4n) is 3.53. The van der Waals surface area contributed by atoms with E-state index in [-0.39, 0.29) is 5.91 Å². The van der Waals surface area contributed by atoms with Gasteiger partial charge in [-0.25, -0.2) is 0 Å². The number of benzene rings is 1. The minimum absolute atomic E-state index is 0.285. The Kier molecular flexibility index (Phi) is 5.34. The molecule has 0 saturated carbocycles. The Morgan fingerprint density at radius 2 is 2.04 bits per heavy atom. The van der Waals surface area contributed by atoms with Crippen LogP contribution in [0.1, 0.15) is 36.0 Å². The van der Waals surface area contributed by atoms with Gasteiger partial charge in [-0.05, 0) is 49.7 Å². The molecule has 0 radical (unpaired) electrons. The number of aryl methyl sites for hydroxylation is 3. The van der Waals surface area contributed by atoms with Crippen LogP contribution in [-0.2, 0) is 24.7 Å². The Bertz CT molecular complexity index is 674. The Hall–Kier alpha value is -2.10. The zero-order chi connectivity index (χ0) is 16.9. The number of amides is 1. The van der Waals surface area contributed by atoms with Gasteiger partial charge < -0.3 is 4.90 Å². The zero-order valence-electron chi connectivity index (χ0n) is 14.7. The van der Waals surface area contributed by atoms with Crippen LogP contribution in [-0.4, -0.2) is 33.7 Å². The van der Waals surface area contributed by atoms with Crippen LogP contribution in [0.15, 0.2) is 36.7 Å². The van der Waals surface area contributed by atoms with E-state index in [1.165, 1.54) is 17.5 Å². The largest absolute Gasteiger partial charge is 0.342 e. The monoisotopic (exact) mass is 325 g/mol. The van der Waals surface area contributed by atoms with Crippen LogP contribution in [0.25, 0.3) is 0 Å². The number of aromatic nitrogens is 2. The quantitative estimate of drug-likeness (QED) is 0.847. The molecule has 1 saturated heterocycles. The highest BCUT2D eigenvalue weighted by molar-refractivity contribution is 5.76. The molecule has 0 spiro atoms. The smallest absolute Gasteiger partial charge is 0.222 e. The molecular formula is C20H27N3O. The lowest BCUT2D eigenvalue weighted by atomic mass is 9.91. The summed E-state index contributed by atoms with van der Waals surface area (Å²) in [5.74, 6) is 0.872. The maximum atomic E-state index is 12.5. The van der Waals surface area contributed by atoms with Crippen molar-refractivity contribution >= 4 is 5.91 Å². The summed E-state index contributed by atoms with van der Waals surface area (Å²) >= 11 is 0. The van der Waals surface area contributed by atoms with Crippen molar-refractivity contribution in [3.8, 4) is 0 Å². The Labute approximate surface area is 144 Å². The van der Waals surface area contributed by atoms with Gasteiger partial charge in [-0.1, -0.05) is 29.8 Å². The molecule has 1 aromatic heterocycles. The second kappa shape index (κ2) is 7.65.